The van der Waals surface area contributed by atoms with Crippen molar-refractivity contribution in [1.82, 2.24) is 19.5 Å². The molecule has 0 aliphatic rings. The quantitative estimate of drug-likeness (QED) is 0.472. The van der Waals surface area contributed by atoms with E-state index in [0.29, 0.717) is 22.6 Å². The zero-order valence-electron chi connectivity index (χ0n) is 16.6. The topological polar surface area (TPSA) is 87.0 Å². The van der Waals surface area contributed by atoms with Crippen LogP contribution in [-0.4, -0.2) is 40.8 Å². The maximum atomic E-state index is 12.8. The average Bonchev–Trinajstić information content (AvgIpc) is 3.29. The number of ether oxygens (including phenoxy) is 1. The lowest BCUT2D eigenvalue weighted by atomic mass is 10.1. The van der Waals surface area contributed by atoms with E-state index >= 15 is 0 Å². The van der Waals surface area contributed by atoms with E-state index in [2.05, 4.69) is 15.0 Å². The van der Waals surface area contributed by atoms with Crippen molar-refractivity contribution in [2.75, 3.05) is 12.9 Å². The molecular formula is C22H20N4O3S. The molecule has 0 saturated carbocycles. The van der Waals surface area contributed by atoms with E-state index in [1.165, 1.54) is 0 Å². The Morgan fingerprint density at radius 1 is 1.00 bits per heavy atom. The Hall–Kier alpha value is -3.52. The van der Waals surface area contributed by atoms with Crippen LogP contribution in [0.2, 0.25) is 0 Å². The molecule has 3 heterocycles. The monoisotopic (exact) mass is 420 g/mol. The third-order valence-corrected chi connectivity index (χ3v) is 6.47. The molecule has 30 heavy (non-hydrogen) atoms. The minimum Gasteiger partial charge on any atom is -0.497 e. The molecule has 0 fully saturated rings. The lowest BCUT2D eigenvalue weighted by Crippen LogP contribution is -2.07. The van der Waals surface area contributed by atoms with E-state index in [0.717, 1.165) is 11.4 Å². The standard InChI is InChI=1S/C22H20N4O3S/c1-3-30(27,28)21-12-16(19-6-4-5-11-23-19)13-24-22(21)20-14-26(15-25-20)17-7-9-18(29-2)10-8-17/h4-15H,3H2,1-2H3. The predicted molar refractivity (Wildman–Crippen MR) is 114 cm³/mol. The van der Waals surface area contributed by atoms with Gasteiger partial charge in [0, 0.05) is 29.8 Å². The number of benzene rings is 1. The molecule has 0 spiro atoms. The van der Waals surface area contributed by atoms with E-state index in [-0.39, 0.29) is 10.6 Å². The summed E-state index contributed by atoms with van der Waals surface area (Å²) < 4.78 is 32.6. The van der Waals surface area contributed by atoms with Gasteiger partial charge in [-0.25, -0.2) is 13.4 Å². The molecule has 0 unspecified atom stereocenters. The molecule has 8 heteroatoms. The Bertz CT molecular complexity index is 1270. The van der Waals surface area contributed by atoms with Crippen LogP contribution >= 0.6 is 0 Å². The number of pyridine rings is 2. The average molecular weight is 420 g/mol. The van der Waals surface area contributed by atoms with Gasteiger partial charge in [-0.05, 0) is 42.5 Å². The Kier molecular flexibility index (Phi) is 5.33. The zero-order valence-corrected chi connectivity index (χ0v) is 17.4. The molecule has 4 rings (SSSR count). The van der Waals surface area contributed by atoms with Crippen LogP contribution in [0, 0.1) is 0 Å². The van der Waals surface area contributed by atoms with Gasteiger partial charge in [-0.2, -0.15) is 0 Å². The van der Waals surface area contributed by atoms with Crippen molar-refractivity contribution >= 4 is 9.84 Å². The largest absolute Gasteiger partial charge is 0.497 e. The Morgan fingerprint density at radius 3 is 2.47 bits per heavy atom. The molecule has 0 amide bonds. The summed E-state index contributed by atoms with van der Waals surface area (Å²) in [7, 11) is -1.92. The summed E-state index contributed by atoms with van der Waals surface area (Å²) in [6.45, 7) is 1.61. The highest BCUT2D eigenvalue weighted by Gasteiger charge is 2.22. The molecule has 3 aromatic heterocycles. The summed E-state index contributed by atoms with van der Waals surface area (Å²) in [6.07, 6.45) is 6.68. The minimum atomic E-state index is -3.53. The first-order valence-electron chi connectivity index (χ1n) is 9.35. The first kappa shape index (κ1) is 19.8. The van der Waals surface area contributed by atoms with Crippen LogP contribution in [0.1, 0.15) is 6.92 Å². The normalized spacial score (nSPS) is 11.4. The maximum absolute atomic E-state index is 12.8. The lowest BCUT2D eigenvalue weighted by Gasteiger charge is -2.09. The number of aromatic nitrogens is 4. The van der Waals surface area contributed by atoms with Crippen LogP contribution < -0.4 is 4.74 Å². The molecule has 1 aromatic carbocycles. The van der Waals surface area contributed by atoms with E-state index in [9.17, 15) is 8.42 Å². The molecule has 0 aliphatic heterocycles. The highest BCUT2D eigenvalue weighted by atomic mass is 32.2. The number of nitrogens with zero attached hydrogens (tertiary/aromatic N) is 4. The first-order chi connectivity index (χ1) is 14.5. The summed E-state index contributed by atoms with van der Waals surface area (Å²) in [5.41, 5.74) is 2.97. The van der Waals surface area contributed by atoms with Crippen LogP contribution in [0.25, 0.3) is 28.3 Å². The van der Waals surface area contributed by atoms with Crippen LogP contribution in [0.5, 0.6) is 5.75 Å². The molecular weight excluding hydrogens is 400 g/mol. The highest BCUT2D eigenvalue weighted by molar-refractivity contribution is 7.91. The van der Waals surface area contributed by atoms with Crippen molar-refractivity contribution in [1.29, 1.82) is 0 Å². The fraction of sp³-hybridized carbons (Fsp3) is 0.136. The van der Waals surface area contributed by atoms with Gasteiger partial charge in [-0.3, -0.25) is 9.97 Å². The summed E-state index contributed by atoms with van der Waals surface area (Å²) in [5, 5.41) is 0. The maximum Gasteiger partial charge on any atom is 0.180 e. The Morgan fingerprint density at radius 2 is 1.80 bits per heavy atom. The second-order valence-electron chi connectivity index (χ2n) is 6.55. The van der Waals surface area contributed by atoms with Crippen molar-refractivity contribution < 1.29 is 13.2 Å². The van der Waals surface area contributed by atoms with Crippen molar-refractivity contribution in [2.45, 2.75) is 11.8 Å². The molecule has 7 nitrogen and oxygen atoms in total. The minimum absolute atomic E-state index is 0.0352. The smallest absolute Gasteiger partial charge is 0.180 e. The summed E-state index contributed by atoms with van der Waals surface area (Å²) >= 11 is 0. The highest BCUT2D eigenvalue weighted by Crippen LogP contribution is 2.29. The van der Waals surface area contributed by atoms with E-state index in [1.54, 1.807) is 51.1 Å². The fourth-order valence-electron chi connectivity index (χ4n) is 3.04. The molecule has 0 N–H and O–H groups in total. The first-order valence-corrected chi connectivity index (χ1v) is 11.0. The summed E-state index contributed by atoms with van der Waals surface area (Å²) in [4.78, 5) is 13.3. The molecule has 0 radical (unpaired) electrons. The van der Waals surface area contributed by atoms with Crippen LogP contribution in [0.3, 0.4) is 0 Å². The third kappa shape index (κ3) is 3.81. The molecule has 4 aromatic rings. The third-order valence-electron chi connectivity index (χ3n) is 4.72. The van der Waals surface area contributed by atoms with Crippen molar-refractivity contribution in [2.24, 2.45) is 0 Å². The van der Waals surface area contributed by atoms with E-state index < -0.39 is 9.84 Å². The van der Waals surface area contributed by atoms with Crippen LogP contribution in [0.15, 0.2) is 78.3 Å². The van der Waals surface area contributed by atoms with Crippen LogP contribution in [0.4, 0.5) is 0 Å². The molecule has 0 saturated heterocycles. The molecule has 0 atom stereocenters. The van der Waals surface area contributed by atoms with Gasteiger partial charge in [0.25, 0.3) is 0 Å². The zero-order chi connectivity index (χ0) is 21.1. The Labute approximate surface area is 175 Å². The van der Waals surface area contributed by atoms with Gasteiger partial charge < -0.3 is 9.30 Å². The number of sulfone groups is 1. The molecule has 152 valence electrons. The van der Waals surface area contributed by atoms with Gasteiger partial charge in [0.15, 0.2) is 9.84 Å². The Balaban J connectivity index is 1.79. The van der Waals surface area contributed by atoms with E-state index in [4.69, 9.17) is 4.74 Å². The number of hydrogen-bond donors (Lipinski definition) is 0. The van der Waals surface area contributed by atoms with Gasteiger partial charge in [-0.1, -0.05) is 13.0 Å². The molecule has 0 bridgehead atoms. The second kappa shape index (κ2) is 8.08. The second-order valence-corrected chi connectivity index (χ2v) is 8.80. The summed E-state index contributed by atoms with van der Waals surface area (Å²) in [6, 6.07) is 14.6. The van der Waals surface area contributed by atoms with Gasteiger partial charge in [-0.15, -0.1) is 0 Å². The lowest BCUT2D eigenvalue weighted by molar-refractivity contribution is 0.414. The van der Waals surface area contributed by atoms with Crippen molar-refractivity contribution in [3.8, 4) is 34.1 Å². The number of rotatable bonds is 6. The SMILES string of the molecule is CCS(=O)(=O)c1cc(-c2ccccn2)cnc1-c1cn(-c2ccc(OC)cc2)cn1. The van der Waals surface area contributed by atoms with Gasteiger partial charge in [0.1, 0.15) is 17.1 Å². The van der Waals surface area contributed by atoms with Gasteiger partial charge in [0.2, 0.25) is 0 Å². The fourth-order valence-corrected chi connectivity index (χ4v) is 4.11. The molecule has 0 aliphatic carbocycles. The van der Waals surface area contributed by atoms with E-state index in [1.807, 2.05) is 41.0 Å². The number of imidazole rings is 1. The van der Waals surface area contributed by atoms with Crippen molar-refractivity contribution in [3.05, 3.63) is 73.4 Å². The van der Waals surface area contributed by atoms with Crippen molar-refractivity contribution in [3.63, 3.8) is 0 Å². The number of methoxy groups -OCH3 is 1. The number of hydrogen-bond acceptors (Lipinski definition) is 6. The van der Waals surface area contributed by atoms with Gasteiger partial charge in [0.05, 0.1) is 29.8 Å². The van der Waals surface area contributed by atoms with Crippen LogP contribution in [-0.2, 0) is 9.84 Å². The predicted octanol–water partition coefficient (Wildman–Crippen LogP) is 3.80. The van der Waals surface area contributed by atoms with Gasteiger partial charge >= 0.3 is 0 Å². The summed E-state index contributed by atoms with van der Waals surface area (Å²) in [5.74, 6) is 0.717.